The van der Waals surface area contributed by atoms with E-state index in [0.29, 0.717) is 10.9 Å². The molecule has 0 unspecified atom stereocenters. The molecule has 25 heavy (non-hydrogen) atoms. The summed E-state index contributed by atoms with van der Waals surface area (Å²) in [6.07, 6.45) is 1.65. The van der Waals surface area contributed by atoms with Crippen molar-refractivity contribution >= 4 is 40.4 Å². The predicted molar refractivity (Wildman–Crippen MR) is 103 cm³/mol. The van der Waals surface area contributed by atoms with Gasteiger partial charge < -0.3 is 9.73 Å². The number of rotatable bonds is 4. The standard InChI is InChI=1S/C20H14ClN3O/c21-15-7-11-17(12-8-15)23-13-22-16-9-5-14(6-10-16)20-24-18-3-1-2-4-19(18)25-20/h1-13H,(H,22,23). The van der Waals surface area contributed by atoms with Gasteiger partial charge >= 0.3 is 0 Å². The third-order valence-corrected chi connectivity index (χ3v) is 3.95. The summed E-state index contributed by atoms with van der Waals surface area (Å²) in [5.41, 5.74) is 4.33. The minimum atomic E-state index is 0.614. The van der Waals surface area contributed by atoms with E-state index in [-0.39, 0.29) is 0 Å². The maximum Gasteiger partial charge on any atom is 0.227 e. The van der Waals surface area contributed by atoms with Gasteiger partial charge in [0.15, 0.2) is 5.58 Å². The first-order chi connectivity index (χ1) is 12.3. The molecule has 4 aromatic rings. The summed E-state index contributed by atoms with van der Waals surface area (Å²) in [6, 6.07) is 22.9. The van der Waals surface area contributed by atoms with E-state index in [2.05, 4.69) is 15.3 Å². The summed E-state index contributed by atoms with van der Waals surface area (Å²) >= 11 is 5.85. The molecular formula is C20H14ClN3O. The second-order valence-corrected chi connectivity index (χ2v) is 5.88. The molecular weight excluding hydrogens is 334 g/mol. The van der Waals surface area contributed by atoms with Crippen LogP contribution in [0.4, 0.5) is 11.4 Å². The van der Waals surface area contributed by atoms with Gasteiger partial charge in [0.25, 0.3) is 0 Å². The van der Waals surface area contributed by atoms with Crippen molar-refractivity contribution in [2.75, 3.05) is 5.32 Å². The number of benzene rings is 3. The first-order valence-electron chi connectivity index (χ1n) is 7.79. The zero-order valence-corrected chi connectivity index (χ0v) is 13.9. The highest BCUT2D eigenvalue weighted by atomic mass is 35.5. The quantitative estimate of drug-likeness (QED) is 0.368. The Morgan fingerprint density at radius 1 is 0.920 bits per heavy atom. The van der Waals surface area contributed by atoms with Gasteiger partial charge in [-0.05, 0) is 60.7 Å². The minimum absolute atomic E-state index is 0.614. The Morgan fingerprint density at radius 3 is 2.44 bits per heavy atom. The number of hydrogen-bond acceptors (Lipinski definition) is 3. The number of nitrogens with zero attached hydrogens (tertiary/aromatic N) is 2. The lowest BCUT2D eigenvalue weighted by molar-refractivity contribution is 0.620. The van der Waals surface area contributed by atoms with Gasteiger partial charge in [-0.1, -0.05) is 23.7 Å². The summed E-state index contributed by atoms with van der Waals surface area (Å²) in [6.45, 7) is 0. The van der Waals surface area contributed by atoms with Crippen LogP contribution in [0.2, 0.25) is 5.02 Å². The third kappa shape index (κ3) is 3.54. The molecule has 4 rings (SSSR count). The van der Waals surface area contributed by atoms with E-state index in [4.69, 9.17) is 16.0 Å². The van der Waals surface area contributed by atoms with Crippen LogP contribution < -0.4 is 5.32 Å². The van der Waals surface area contributed by atoms with Gasteiger partial charge in [-0.15, -0.1) is 0 Å². The molecule has 0 saturated carbocycles. The first-order valence-corrected chi connectivity index (χ1v) is 8.16. The summed E-state index contributed by atoms with van der Waals surface area (Å²) in [5.74, 6) is 0.614. The second-order valence-electron chi connectivity index (χ2n) is 5.44. The molecule has 0 aliphatic rings. The topological polar surface area (TPSA) is 50.4 Å². The number of aliphatic imine (C=N–C) groups is 1. The van der Waals surface area contributed by atoms with Crippen molar-refractivity contribution in [1.29, 1.82) is 0 Å². The molecule has 0 saturated heterocycles. The van der Waals surface area contributed by atoms with E-state index in [1.807, 2.05) is 72.8 Å². The normalized spacial score (nSPS) is 11.2. The van der Waals surface area contributed by atoms with E-state index >= 15 is 0 Å². The van der Waals surface area contributed by atoms with E-state index in [0.717, 1.165) is 28.0 Å². The molecule has 3 aromatic carbocycles. The largest absolute Gasteiger partial charge is 0.436 e. The number of fused-ring (bicyclic) bond motifs is 1. The first kappa shape index (κ1) is 15.4. The predicted octanol–water partition coefficient (Wildman–Crippen LogP) is 5.92. The molecule has 122 valence electrons. The van der Waals surface area contributed by atoms with Crippen molar-refractivity contribution in [3.05, 3.63) is 77.8 Å². The van der Waals surface area contributed by atoms with E-state index < -0.39 is 0 Å². The van der Waals surface area contributed by atoms with Crippen molar-refractivity contribution in [2.24, 2.45) is 4.99 Å². The highest BCUT2D eigenvalue weighted by Gasteiger charge is 2.07. The average molecular weight is 348 g/mol. The molecule has 4 nitrogen and oxygen atoms in total. The molecule has 0 aliphatic carbocycles. The van der Waals surface area contributed by atoms with Crippen LogP contribution in [0, 0.1) is 0 Å². The van der Waals surface area contributed by atoms with Crippen LogP contribution in [-0.4, -0.2) is 11.3 Å². The van der Waals surface area contributed by atoms with Gasteiger partial charge in [0, 0.05) is 16.3 Å². The van der Waals surface area contributed by atoms with Crippen molar-refractivity contribution in [2.45, 2.75) is 0 Å². The number of hydrogen-bond donors (Lipinski definition) is 1. The molecule has 0 aliphatic heterocycles. The SMILES string of the molecule is Clc1ccc(N=CNc2ccc(-c3nc4ccccc4o3)cc2)cc1. The smallest absolute Gasteiger partial charge is 0.227 e. The highest BCUT2D eigenvalue weighted by Crippen LogP contribution is 2.25. The Kier molecular flexibility index (Phi) is 4.19. The zero-order valence-electron chi connectivity index (χ0n) is 13.2. The lowest BCUT2D eigenvalue weighted by atomic mass is 10.2. The Balaban J connectivity index is 1.47. The molecule has 0 spiro atoms. The Morgan fingerprint density at radius 2 is 1.68 bits per heavy atom. The molecule has 0 amide bonds. The van der Waals surface area contributed by atoms with Gasteiger partial charge in [0.1, 0.15) is 5.52 Å². The van der Waals surface area contributed by atoms with Crippen molar-refractivity contribution in [1.82, 2.24) is 4.98 Å². The minimum Gasteiger partial charge on any atom is -0.436 e. The third-order valence-electron chi connectivity index (χ3n) is 3.70. The zero-order chi connectivity index (χ0) is 17.1. The van der Waals surface area contributed by atoms with E-state index in [9.17, 15) is 0 Å². The van der Waals surface area contributed by atoms with Gasteiger partial charge in [0.2, 0.25) is 5.89 Å². The molecule has 0 radical (unpaired) electrons. The van der Waals surface area contributed by atoms with Crippen LogP contribution in [0.15, 0.2) is 82.2 Å². The van der Waals surface area contributed by atoms with Crippen LogP contribution in [-0.2, 0) is 0 Å². The van der Waals surface area contributed by atoms with E-state index in [1.165, 1.54) is 0 Å². The number of aromatic nitrogens is 1. The molecule has 0 fully saturated rings. The van der Waals surface area contributed by atoms with Crippen LogP contribution in [0.1, 0.15) is 0 Å². The average Bonchev–Trinajstić information content (AvgIpc) is 3.08. The van der Waals surface area contributed by atoms with Gasteiger partial charge in [-0.3, -0.25) is 0 Å². The Hall–Kier alpha value is -3.11. The summed E-state index contributed by atoms with van der Waals surface area (Å²) in [5, 5.41) is 3.83. The van der Waals surface area contributed by atoms with Gasteiger partial charge in [-0.2, -0.15) is 0 Å². The maximum absolute atomic E-state index is 5.85. The summed E-state index contributed by atoms with van der Waals surface area (Å²) in [4.78, 5) is 8.82. The lowest BCUT2D eigenvalue weighted by Crippen LogP contribution is -1.93. The number of anilines is 1. The summed E-state index contributed by atoms with van der Waals surface area (Å²) < 4.78 is 5.77. The molecule has 1 heterocycles. The van der Waals surface area contributed by atoms with E-state index in [1.54, 1.807) is 6.34 Å². The fourth-order valence-electron chi connectivity index (χ4n) is 2.41. The molecule has 1 aromatic heterocycles. The molecule has 1 N–H and O–H groups in total. The Bertz CT molecular complexity index is 988. The number of nitrogens with one attached hydrogen (secondary N) is 1. The maximum atomic E-state index is 5.85. The summed E-state index contributed by atoms with van der Waals surface area (Å²) in [7, 11) is 0. The lowest BCUT2D eigenvalue weighted by Gasteiger charge is -2.01. The van der Waals surface area contributed by atoms with Crippen molar-refractivity contribution in [3.63, 3.8) is 0 Å². The van der Waals surface area contributed by atoms with Crippen LogP contribution in [0.25, 0.3) is 22.6 Å². The van der Waals surface area contributed by atoms with Crippen LogP contribution in [0.3, 0.4) is 0 Å². The molecule has 0 atom stereocenters. The van der Waals surface area contributed by atoms with Gasteiger partial charge in [-0.25, -0.2) is 9.98 Å². The number of oxazole rings is 1. The highest BCUT2D eigenvalue weighted by molar-refractivity contribution is 6.30. The van der Waals surface area contributed by atoms with Crippen molar-refractivity contribution in [3.8, 4) is 11.5 Å². The fourth-order valence-corrected chi connectivity index (χ4v) is 2.54. The fraction of sp³-hybridized carbons (Fsp3) is 0. The van der Waals surface area contributed by atoms with Crippen molar-refractivity contribution < 1.29 is 4.42 Å². The second kappa shape index (κ2) is 6.79. The number of para-hydroxylation sites is 2. The van der Waals surface area contributed by atoms with Crippen LogP contribution >= 0.6 is 11.6 Å². The van der Waals surface area contributed by atoms with Crippen LogP contribution in [0.5, 0.6) is 0 Å². The van der Waals surface area contributed by atoms with Gasteiger partial charge in [0.05, 0.1) is 12.0 Å². The molecule has 5 heteroatoms. The monoisotopic (exact) mass is 347 g/mol. The Labute approximate surface area is 149 Å². The number of halogens is 1. The molecule has 0 bridgehead atoms.